The average molecular weight is 363 g/mol. The Bertz CT molecular complexity index is 874. The van der Waals surface area contributed by atoms with Crippen molar-refractivity contribution < 1.29 is 0 Å². The number of hydrogen-bond donors (Lipinski definition) is 2. The zero-order chi connectivity index (χ0) is 18.5. The topological polar surface area (TPSA) is 70.4 Å². The minimum atomic E-state index is 0.695. The van der Waals surface area contributed by atoms with E-state index in [1.54, 1.807) is 6.20 Å². The van der Waals surface area contributed by atoms with Gasteiger partial charge in [0.2, 0.25) is 0 Å². The molecule has 7 nitrogen and oxygen atoms in total. The summed E-state index contributed by atoms with van der Waals surface area (Å²) < 4.78 is 1.86. The third-order valence-corrected chi connectivity index (χ3v) is 5.00. The summed E-state index contributed by atoms with van der Waals surface area (Å²) in [6.45, 7) is 5.28. The maximum absolute atomic E-state index is 4.74. The predicted molar refractivity (Wildman–Crippen MR) is 112 cm³/mol. The molecule has 0 unspecified atom stereocenters. The summed E-state index contributed by atoms with van der Waals surface area (Å²) in [4.78, 5) is 11.5. The number of fused-ring (bicyclic) bond motifs is 1. The molecule has 0 atom stereocenters. The van der Waals surface area contributed by atoms with Crippen LogP contribution in [0.25, 0.3) is 5.65 Å². The fraction of sp³-hybridized carbons (Fsp3) is 0.421. The van der Waals surface area contributed by atoms with Crippen LogP contribution in [-0.4, -0.2) is 58.5 Å². The lowest BCUT2D eigenvalue weighted by molar-refractivity contribution is 0.337. The number of hydrogen-bond acceptors (Lipinski definition) is 6. The van der Waals surface area contributed by atoms with E-state index in [0.717, 1.165) is 47.8 Å². The van der Waals surface area contributed by atoms with Gasteiger partial charge in [-0.05, 0) is 56.0 Å². The van der Waals surface area contributed by atoms with Gasteiger partial charge in [-0.15, -0.1) is 0 Å². The lowest BCUT2D eigenvalue weighted by Gasteiger charge is -2.15. The van der Waals surface area contributed by atoms with Gasteiger partial charge < -0.3 is 15.5 Å². The molecule has 1 aliphatic heterocycles. The lowest BCUT2D eigenvalue weighted by atomic mass is 10.0. The Kier molecular flexibility index (Phi) is 5.53. The molecule has 0 saturated carbocycles. The van der Waals surface area contributed by atoms with E-state index in [4.69, 9.17) is 4.98 Å². The Balaban J connectivity index is 1.43. The highest BCUT2D eigenvalue weighted by atomic mass is 15.3. The molecule has 4 rings (SSSR count). The van der Waals surface area contributed by atoms with Crippen molar-refractivity contribution in [1.29, 1.82) is 0 Å². The van der Waals surface area contributed by atoms with Gasteiger partial charge in [0.25, 0.3) is 0 Å². The highest BCUT2D eigenvalue weighted by molar-refractivity contribution is 6.36. The largest absolute Gasteiger partial charge is 0.370 e. The van der Waals surface area contributed by atoms with Gasteiger partial charge in [-0.3, -0.25) is 4.98 Å². The number of pyridine rings is 1. The van der Waals surface area contributed by atoms with Crippen molar-refractivity contribution in [3.8, 4) is 0 Å². The highest BCUT2D eigenvalue weighted by Gasteiger charge is 2.11. The second kappa shape index (κ2) is 8.39. The molecule has 2 N–H and O–H groups in total. The molecule has 27 heavy (non-hydrogen) atoms. The van der Waals surface area contributed by atoms with Gasteiger partial charge in [0, 0.05) is 37.7 Å². The standard InChI is InChI=1S/C19H26BN7/c20-16-14-24-27-18(23-13-15-5-3-6-21-12-15)11-17(25-19(16)27)22-7-4-10-26-8-1-2-9-26/h3,5-6,11-12,14,23H,1-2,4,7-10,13,20H2,(H,22,25). The molecule has 4 heterocycles. The molecule has 0 radical (unpaired) electrons. The summed E-state index contributed by atoms with van der Waals surface area (Å²) in [5.74, 6) is 1.82. The van der Waals surface area contributed by atoms with E-state index in [2.05, 4.69) is 31.7 Å². The SMILES string of the molecule is Bc1cnn2c(NCc3cccnc3)cc(NCCCN3CCCC3)nc12. The van der Waals surface area contributed by atoms with Gasteiger partial charge in [-0.1, -0.05) is 6.07 Å². The summed E-state index contributed by atoms with van der Waals surface area (Å²) in [6.07, 6.45) is 9.33. The van der Waals surface area contributed by atoms with Gasteiger partial charge in [-0.2, -0.15) is 9.61 Å². The molecule has 1 aliphatic rings. The Morgan fingerprint density at radius 2 is 2.04 bits per heavy atom. The van der Waals surface area contributed by atoms with Crippen molar-refractivity contribution in [1.82, 2.24) is 24.5 Å². The Hall–Kier alpha value is -2.61. The monoisotopic (exact) mass is 363 g/mol. The Labute approximate surface area is 160 Å². The van der Waals surface area contributed by atoms with Crippen LogP contribution in [0.4, 0.5) is 11.6 Å². The first-order chi connectivity index (χ1) is 13.3. The van der Waals surface area contributed by atoms with Gasteiger partial charge in [0.1, 0.15) is 19.5 Å². The van der Waals surface area contributed by atoms with Crippen molar-refractivity contribution in [2.75, 3.05) is 36.8 Å². The van der Waals surface area contributed by atoms with Crippen molar-refractivity contribution >= 4 is 30.6 Å². The van der Waals surface area contributed by atoms with E-state index < -0.39 is 0 Å². The predicted octanol–water partition coefficient (Wildman–Crippen LogP) is 0.893. The zero-order valence-corrected chi connectivity index (χ0v) is 15.9. The smallest absolute Gasteiger partial charge is 0.153 e. The van der Waals surface area contributed by atoms with Crippen LogP contribution in [0.5, 0.6) is 0 Å². The first kappa shape index (κ1) is 17.8. The first-order valence-electron chi connectivity index (χ1n) is 9.74. The van der Waals surface area contributed by atoms with E-state index in [0.29, 0.717) is 6.54 Å². The van der Waals surface area contributed by atoms with E-state index in [1.165, 1.54) is 25.9 Å². The van der Waals surface area contributed by atoms with Gasteiger partial charge in [0.05, 0.1) is 0 Å². The molecule has 140 valence electrons. The minimum Gasteiger partial charge on any atom is -0.370 e. The number of nitrogens with one attached hydrogen (secondary N) is 2. The van der Waals surface area contributed by atoms with Gasteiger partial charge in [0.15, 0.2) is 5.65 Å². The van der Waals surface area contributed by atoms with Crippen molar-refractivity contribution in [2.24, 2.45) is 0 Å². The molecule has 8 heteroatoms. The van der Waals surface area contributed by atoms with Crippen LogP contribution < -0.4 is 16.1 Å². The average Bonchev–Trinajstić information content (AvgIpc) is 3.35. The number of likely N-dealkylation sites (tertiary alicyclic amines) is 1. The molecular formula is C19H26BN7. The maximum Gasteiger partial charge on any atom is 0.153 e. The van der Waals surface area contributed by atoms with Crippen LogP contribution in [-0.2, 0) is 6.54 Å². The van der Waals surface area contributed by atoms with Crippen LogP contribution in [0.1, 0.15) is 24.8 Å². The first-order valence-corrected chi connectivity index (χ1v) is 9.74. The van der Waals surface area contributed by atoms with Crippen LogP contribution >= 0.6 is 0 Å². The molecule has 0 spiro atoms. The molecule has 0 aliphatic carbocycles. The van der Waals surface area contributed by atoms with Crippen LogP contribution in [0.2, 0.25) is 0 Å². The van der Waals surface area contributed by atoms with E-state index >= 15 is 0 Å². The summed E-state index contributed by atoms with van der Waals surface area (Å²) in [5, 5.41) is 11.4. The van der Waals surface area contributed by atoms with Gasteiger partial charge in [-0.25, -0.2) is 4.98 Å². The van der Waals surface area contributed by atoms with E-state index in [-0.39, 0.29) is 0 Å². The highest BCUT2D eigenvalue weighted by Crippen LogP contribution is 2.16. The van der Waals surface area contributed by atoms with E-state index in [9.17, 15) is 0 Å². The number of aromatic nitrogens is 4. The van der Waals surface area contributed by atoms with Gasteiger partial charge >= 0.3 is 0 Å². The summed E-state index contributed by atoms with van der Waals surface area (Å²) in [6, 6.07) is 6.04. The van der Waals surface area contributed by atoms with Crippen molar-refractivity contribution in [2.45, 2.75) is 25.8 Å². The van der Waals surface area contributed by atoms with E-state index in [1.807, 2.05) is 36.9 Å². The Morgan fingerprint density at radius 3 is 2.85 bits per heavy atom. The second-order valence-corrected chi connectivity index (χ2v) is 7.13. The van der Waals surface area contributed by atoms with Crippen molar-refractivity contribution in [3.63, 3.8) is 0 Å². The molecule has 3 aromatic heterocycles. The molecule has 0 bridgehead atoms. The molecule has 1 saturated heterocycles. The third kappa shape index (κ3) is 4.39. The van der Waals surface area contributed by atoms with Crippen molar-refractivity contribution in [3.05, 3.63) is 42.4 Å². The Morgan fingerprint density at radius 1 is 1.15 bits per heavy atom. The molecule has 1 fully saturated rings. The lowest BCUT2D eigenvalue weighted by Crippen LogP contribution is -2.22. The molecule has 0 amide bonds. The maximum atomic E-state index is 4.74. The summed E-state index contributed by atoms with van der Waals surface area (Å²) in [5.41, 5.74) is 3.08. The van der Waals surface area contributed by atoms with Crippen LogP contribution in [0.15, 0.2) is 36.8 Å². The molecule has 3 aromatic rings. The third-order valence-electron chi connectivity index (χ3n) is 5.00. The van der Waals surface area contributed by atoms with Crippen LogP contribution in [0.3, 0.4) is 0 Å². The minimum absolute atomic E-state index is 0.695. The quantitative estimate of drug-likeness (QED) is 0.458. The van der Waals surface area contributed by atoms with Crippen LogP contribution in [0, 0.1) is 0 Å². The zero-order valence-electron chi connectivity index (χ0n) is 15.9. The number of nitrogens with zero attached hydrogens (tertiary/aromatic N) is 5. The second-order valence-electron chi connectivity index (χ2n) is 7.13. The fourth-order valence-electron chi connectivity index (χ4n) is 3.51. The fourth-order valence-corrected chi connectivity index (χ4v) is 3.51. The summed E-state index contributed by atoms with van der Waals surface area (Å²) >= 11 is 0. The molecule has 0 aromatic carbocycles. The number of rotatable bonds is 8. The normalized spacial score (nSPS) is 14.7. The number of anilines is 2. The molecular weight excluding hydrogens is 337 g/mol. The summed E-state index contributed by atoms with van der Waals surface area (Å²) in [7, 11) is 2.04.